The van der Waals surface area contributed by atoms with Crippen molar-refractivity contribution in [3.8, 4) is 0 Å². The van der Waals surface area contributed by atoms with E-state index in [4.69, 9.17) is 5.11 Å². The molecule has 5 heteroatoms. The van der Waals surface area contributed by atoms with Crippen LogP contribution in [0.3, 0.4) is 0 Å². The number of amides is 1. The third-order valence-corrected chi connectivity index (χ3v) is 4.99. The summed E-state index contributed by atoms with van der Waals surface area (Å²) in [5.41, 5.74) is 2.55. The second-order valence-corrected chi connectivity index (χ2v) is 6.88. The van der Waals surface area contributed by atoms with Gasteiger partial charge in [-0.15, -0.1) is 12.4 Å². The van der Waals surface area contributed by atoms with Gasteiger partial charge in [0.25, 0.3) is 0 Å². The zero-order valence-electron chi connectivity index (χ0n) is 13.6. The third kappa shape index (κ3) is 3.69. The van der Waals surface area contributed by atoms with E-state index in [9.17, 15) is 9.59 Å². The Balaban J connectivity index is 0.00000192. The van der Waals surface area contributed by atoms with Crippen LogP contribution in [0.5, 0.6) is 0 Å². The molecule has 2 aliphatic rings. The van der Waals surface area contributed by atoms with Crippen molar-refractivity contribution in [2.75, 3.05) is 13.1 Å². The first-order chi connectivity index (χ1) is 10.5. The molecule has 1 amide bonds. The van der Waals surface area contributed by atoms with Crippen LogP contribution >= 0.6 is 12.4 Å². The highest BCUT2D eigenvalue weighted by Crippen LogP contribution is 2.49. The van der Waals surface area contributed by atoms with Crippen molar-refractivity contribution in [2.45, 2.75) is 38.5 Å². The Morgan fingerprint density at radius 3 is 2.39 bits per heavy atom. The SMILES string of the molecule is CC(C)c1ccc(C2CC2C(=O)N2CCC(C(=O)O)C2)cc1.Cl. The summed E-state index contributed by atoms with van der Waals surface area (Å²) in [6, 6.07) is 8.57. The van der Waals surface area contributed by atoms with Crippen LogP contribution in [0.15, 0.2) is 24.3 Å². The molecule has 3 unspecified atom stereocenters. The first-order valence-corrected chi connectivity index (χ1v) is 8.09. The van der Waals surface area contributed by atoms with Crippen LogP contribution in [0.4, 0.5) is 0 Å². The van der Waals surface area contributed by atoms with E-state index >= 15 is 0 Å². The highest BCUT2D eigenvalue weighted by atomic mass is 35.5. The second kappa shape index (κ2) is 6.91. The summed E-state index contributed by atoms with van der Waals surface area (Å²) in [6.45, 7) is 5.31. The number of carboxylic acid groups (broad SMARTS) is 1. The van der Waals surface area contributed by atoms with Gasteiger partial charge in [-0.1, -0.05) is 38.1 Å². The predicted octanol–water partition coefficient (Wildman–Crippen LogP) is 3.27. The molecule has 1 aromatic rings. The summed E-state index contributed by atoms with van der Waals surface area (Å²) < 4.78 is 0. The fourth-order valence-electron chi connectivity index (χ4n) is 3.36. The predicted molar refractivity (Wildman–Crippen MR) is 90.9 cm³/mol. The van der Waals surface area contributed by atoms with Gasteiger partial charge in [-0.3, -0.25) is 9.59 Å². The fourth-order valence-corrected chi connectivity index (χ4v) is 3.36. The van der Waals surface area contributed by atoms with Crippen molar-refractivity contribution in [1.29, 1.82) is 0 Å². The molecule has 1 aliphatic heterocycles. The molecule has 0 bridgehead atoms. The van der Waals surface area contributed by atoms with Crippen LogP contribution in [-0.2, 0) is 9.59 Å². The molecule has 1 N–H and O–H groups in total. The number of rotatable bonds is 4. The molecule has 2 fully saturated rings. The van der Waals surface area contributed by atoms with Gasteiger partial charge >= 0.3 is 5.97 Å². The Labute approximate surface area is 143 Å². The van der Waals surface area contributed by atoms with E-state index in [1.54, 1.807) is 4.90 Å². The summed E-state index contributed by atoms with van der Waals surface area (Å²) in [7, 11) is 0. The van der Waals surface area contributed by atoms with Gasteiger partial charge in [0, 0.05) is 19.0 Å². The molecule has 1 saturated carbocycles. The molecule has 1 saturated heterocycles. The lowest BCUT2D eigenvalue weighted by Crippen LogP contribution is -2.31. The van der Waals surface area contributed by atoms with Crippen molar-refractivity contribution < 1.29 is 14.7 Å². The lowest BCUT2D eigenvalue weighted by Gasteiger charge is -2.16. The molecule has 0 radical (unpaired) electrons. The van der Waals surface area contributed by atoms with Gasteiger partial charge in [-0.05, 0) is 35.8 Å². The maximum absolute atomic E-state index is 12.5. The third-order valence-electron chi connectivity index (χ3n) is 4.99. The number of likely N-dealkylation sites (tertiary alicyclic amines) is 1. The average Bonchev–Trinajstić information content (AvgIpc) is 3.14. The van der Waals surface area contributed by atoms with Gasteiger partial charge < -0.3 is 10.0 Å². The van der Waals surface area contributed by atoms with Crippen LogP contribution in [0.1, 0.15) is 49.7 Å². The number of hydrogen-bond acceptors (Lipinski definition) is 2. The average molecular weight is 338 g/mol. The normalized spacial score (nSPS) is 26.0. The fraction of sp³-hybridized carbons (Fsp3) is 0.556. The highest BCUT2D eigenvalue weighted by Gasteiger charge is 2.47. The Bertz CT molecular complexity index is 584. The molecule has 1 aromatic carbocycles. The molecule has 126 valence electrons. The second-order valence-electron chi connectivity index (χ2n) is 6.88. The smallest absolute Gasteiger partial charge is 0.308 e. The van der Waals surface area contributed by atoms with Crippen LogP contribution < -0.4 is 0 Å². The molecule has 4 nitrogen and oxygen atoms in total. The Morgan fingerprint density at radius 1 is 1.22 bits per heavy atom. The van der Waals surface area contributed by atoms with Crippen molar-refractivity contribution in [2.24, 2.45) is 11.8 Å². The Kier molecular flexibility index (Phi) is 5.35. The molecule has 3 atom stereocenters. The Hall–Kier alpha value is -1.55. The number of carboxylic acids is 1. The number of nitrogens with zero attached hydrogens (tertiary/aromatic N) is 1. The number of carbonyl (C=O) groups excluding carboxylic acids is 1. The zero-order valence-corrected chi connectivity index (χ0v) is 14.4. The van der Waals surface area contributed by atoms with E-state index in [1.807, 2.05) is 0 Å². The van der Waals surface area contributed by atoms with Gasteiger partial charge in [-0.25, -0.2) is 0 Å². The van der Waals surface area contributed by atoms with Crippen LogP contribution in [0.2, 0.25) is 0 Å². The first kappa shape index (κ1) is 17.8. The van der Waals surface area contributed by atoms with Gasteiger partial charge in [0.1, 0.15) is 0 Å². The topological polar surface area (TPSA) is 57.6 Å². The molecule has 1 aliphatic carbocycles. The highest BCUT2D eigenvalue weighted by molar-refractivity contribution is 5.85. The molecule has 0 aromatic heterocycles. The maximum Gasteiger partial charge on any atom is 0.308 e. The summed E-state index contributed by atoms with van der Waals surface area (Å²) >= 11 is 0. The van der Waals surface area contributed by atoms with Gasteiger partial charge in [0.2, 0.25) is 5.91 Å². The Morgan fingerprint density at radius 2 is 1.87 bits per heavy atom. The van der Waals surface area contributed by atoms with E-state index in [1.165, 1.54) is 11.1 Å². The summed E-state index contributed by atoms with van der Waals surface area (Å²) in [6.07, 6.45) is 1.48. The van der Waals surface area contributed by atoms with Crippen molar-refractivity contribution >= 4 is 24.3 Å². The lowest BCUT2D eigenvalue weighted by atomic mass is 10.00. The van der Waals surface area contributed by atoms with Crippen molar-refractivity contribution in [1.82, 2.24) is 4.90 Å². The van der Waals surface area contributed by atoms with Gasteiger partial charge in [0.05, 0.1) is 5.92 Å². The minimum atomic E-state index is -0.785. The van der Waals surface area contributed by atoms with Crippen LogP contribution in [0.25, 0.3) is 0 Å². The van der Waals surface area contributed by atoms with Crippen molar-refractivity contribution in [3.05, 3.63) is 35.4 Å². The number of halogens is 1. The van der Waals surface area contributed by atoms with Crippen LogP contribution in [-0.4, -0.2) is 35.0 Å². The summed E-state index contributed by atoms with van der Waals surface area (Å²) in [5.74, 6) is -0.140. The van der Waals surface area contributed by atoms with E-state index in [0.717, 1.165) is 6.42 Å². The summed E-state index contributed by atoms with van der Waals surface area (Å²) in [5, 5.41) is 9.03. The largest absolute Gasteiger partial charge is 0.481 e. The molecule has 0 spiro atoms. The van der Waals surface area contributed by atoms with E-state index in [2.05, 4.69) is 38.1 Å². The van der Waals surface area contributed by atoms with Crippen molar-refractivity contribution in [3.63, 3.8) is 0 Å². The lowest BCUT2D eigenvalue weighted by molar-refractivity contribution is -0.141. The number of aliphatic carboxylic acids is 1. The van der Waals surface area contributed by atoms with E-state index < -0.39 is 5.97 Å². The quantitative estimate of drug-likeness (QED) is 0.917. The monoisotopic (exact) mass is 337 g/mol. The van der Waals surface area contributed by atoms with Gasteiger partial charge in [-0.2, -0.15) is 0 Å². The molecule has 23 heavy (non-hydrogen) atoms. The molecule has 1 heterocycles. The first-order valence-electron chi connectivity index (χ1n) is 8.09. The number of benzene rings is 1. The summed E-state index contributed by atoms with van der Waals surface area (Å²) in [4.78, 5) is 25.2. The minimum Gasteiger partial charge on any atom is -0.481 e. The number of carbonyl (C=O) groups is 2. The number of hydrogen-bond donors (Lipinski definition) is 1. The molecule has 3 rings (SSSR count). The maximum atomic E-state index is 12.5. The van der Waals surface area contributed by atoms with Gasteiger partial charge in [0.15, 0.2) is 0 Å². The minimum absolute atomic E-state index is 0. The molecular formula is C18H24ClNO3. The van der Waals surface area contributed by atoms with Crippen LogP contribution in [0, 0.1) is 11.8 Å². The van der Waals surface area contributed by atoms with E-state index in [0.29, 0.717) is 31.3 Å². The zero-order chi connectivity index (χ0) is 15.9. The van der Waals surface area contributed by atoms with E-state index in [-0.39, 0.29) is 30.2 Å². The standard InChI is InChI=1S/C18H23NO3.ClH/c1-11(2)12-3-5-13(6-4-12)15-9-16(15)17(20)19-8-7-14(10-19)18(21)22;/h3-6,11,14-16H,7-10H2,1-2H3,(H,21,22);1H. The molecular weight excluding hydrogens is 314 g/mol.